The number of aliphatic carboxylic acids is 1. The van der Waals surface area contributed by atoms with Crippen LogP contribution in [-0.4, -0.2) is 300 Å². The van der Waals surface area contributed by atoms with Crippen LogP contribution in [-0.2, 0) is 114 Å². The maximum Gasteiger partial charge on any atom is 0.305 e. The van der Waals surface area contributed by atoms with Gasteiger partial charge in [0.25, 0.3) is 0 Å². The quantitative estimate of drug-likeness (QED) is 0.0315. The van der Waals surface area contributed by atoms with Gasteiger partial charge in [0.2, 0.25) is 94.5 Å². The number of carbonyl (C=O) groups is 17. The molecule has 15 atom stereocenters. The fraction of sp³-hybridized carbons (Fsp3) is 0.449. The summed E-state index contributed by atoms with van der Waals surface area (Å²) in [7, 11) is 3.52. The summed E-state index contributed by atoms with van der Waals surface area (Å²) in [5.41, 5.74) is 19.0. The van der Waals surface area contributed by atoms with Gasteiger partial charge in [0.05, 0.1) is 37.3 Å². The van der Waals surface area contributed by atoms with E-state index in [-0.39, 0.29) is 43.4 Å². The number of aromatic hydroxyl groups is 1. The molecular formula is C89H111F3N18O21S. The van der Waals surface area contributed by atoms with Crippen LogP contribution >= 0.6 is 11.8 Å². The van der Waals surface area contributed by atoms with Gasteiger partial charge in [-0.2, -0.15) is 0 Å². The number of halogens is 3. The summed E-state index contributed by atoms with van der Waals surface area (Å²) in [6.07, 6.45) is -6.55. The van der Waals surface area contributed by atoms with Gasteiger partial charge in [0.1, 0.15) is 84.3 Å². The molecule has 4 heterocycles. The number of likely N-dealkylation sites (N-methyl/N-ethyl adjacent to an activating group) is 3. The van der Waals surface area contributed by atoms with Gasteiger partial charge in [0.15, 0.2) is 17.5 Å². The molecule has 3 saturated heterocycles. The molecule has 20 N–H and O–H groups in total. The normalized spacial score (nSPS) is 24.8. The van der Waals surface area contributed by atoms with Crippen molar-refractivity contribution >= 4 is 123 Å². The molecule has 0 bridgehead atoms. The number of aliphatic hydroxyl groups excluding tert-OH is 2. The number of hydrogen-bond acceptors (Lipinski definition) is 22. The van der Waals surface area contributed by atoms with Crippen LogP contribution in [0.2, 0.25) is 0 Å². The lowest BCUT2D eigenvalue weighted by Gasteiger charge is -2.38. The number of benzene rings is 5. The van der Waals surface area contributed by atoms with Crippen LogP contribution in [0.4, 0.5) is 13.2 Å². The Morgan fingerprint density at radius 3 is 1.58 bits per heavy atom. The van der Waals surface area contributed by atoms with Crippen molar-refractivity contribution in [3.8, 4) is 5.75 Å². The first-order chi connectivity index (χ1) is 62.6. The molecule has 0 spiro atoms. The maximum absolute atomic E-state index is 15.7. The summed E-state index contributed by atoms with van der Waals surface area (Å²) < 4.78 is 45.0. The maximum atomic E-state index is 15.7. The topological polar surface area (TPSA) is 589 Å². The highest BCUT2D eigenvalue weighted by atomic mass is 32.2. The van der Waals surface area contributed by atoms with Crippen LogP contribution in [0.15, 0.2) is 128 Å². The number of nitrogens with two attached hydrogens (primary N) is 3. The van der Waals surface area contributed by atoms with Gasteiger partial charge in [-0.15, -0.1) is 11.8 Å². The summed E-state index contributed by atoms with van der Waals surface area (Å²) in [4.78, 5) is 256. The number of unbranched alkanes of at least 4 members (excludes halogenated alkanes) is 1. The van der Waals surface area contributed by atoms with E-state index in [1.807, 2.05) is 0 Å². The fourth-order valence-electron chi connectivity index (χ4n) is 15.9. The highest BCUT2D eigenvalue weighted by Gasteiger charge is 2.48. The standard InChI is InChI=1S/C89H111F3N18O21S/c1-7-8-23-66-88(130)110-43-54(113)36-69(110)84(126)101-61(38-74(117)118)80(122)105-76(46(2)3)89(131)107(5)67(32-47-17-11-9-12-18-47)82(124)102-63(37-71(94)114)86(128)109-42-53(112)35-68(109)83(125)100-60(34-51-40-96-58-22-16-15-21-55(51)58)79(121)99-59(30-49-24-26-52(111)27-25-49)78(120)103-64(39-93)81(123)104-65(77(119)97-41-72(95)115)44-132-45-73(116)98-62(31-50-28-56(90)75(92)57(91)29-50)85(127)108(6)70(87(129)106(66)4)33-48-19-13-10-14-20-48/h9-22,24-29,40,46,53-54,59-70,76,96,111-113H,7-8,23,30-39,41-45,93H2,1-6H3,(H2,94,114)(H2,95,115)(H,97,119)(H,98,116)(H,99,121)(H,100,125)(H,101,126)(H,102,124)(H,103,120)(H,104,123)(H,105,122)(H,117,118)/t53-,54-,59+,60+,61+,62+,63+,64+,65+,66+,67+,68-,69-,70+,76+/m1/s1. The Morgan fingerprint density at radius 1 is 0.515 bits per heavy atom. The summed E-state index contributed by atoms with van der Waals surface area (Å²) in [6.45, 7) is 1.92. The second-order valence-corrected chi connectivity index (χ2v) is 34.2. The summed E-state index contributed by atoms with van der Waals surface area (Å²) in [5.74, 6) is -27.3. The largest absolute Gasteiger partial charge is 0.508 e. The molecule has 710 valence electrons. The SMILES string of the molecule is CCCC[C@H]1C(=O)N2C[C@H](O)C[C@@H]2C(=O)N[C@@H](CC(=O)O)C(=O)N[C@@H](C(C)C)C(=O)N(C)[C@@H](Cc2ccccc2)C(=O)N[C@@H](CC(N)=O)C(=O)N2C[C@H](O)C[C@@H]2C(=O)N[C@@H](Cc2c[nH]c3ccccc23)C(=O)N[C@@H](Cc2ccc(O)cc2)C(=O)N[C@@H](CN)C(=O)N[C@H](C(=O)NCC(N)=O)CSCC(=O)N[C@@H](Cc2cc(F)c(F)c(F)c2)C(=O)N(C)[C@@H](Cc2ccccc2)C(=O)N1C. The van der Waals surface area contributed by atoms with Gasteiger partial charge < -0.3 is 115 Å². The number of fused-ring (bicyclic) bond motifs is 3. The second kappa shape index (κ2) is 47.3. The number of nitrogens with zero attached hydrogens (tertiary/aromatic N) is 5. The zero-order chi connectivity index (χ0) is 96.6. The van der Waals surface area contributed by atoms with Gasteiger partial charge in [-0.1, -0.05) is 125 Å². The number of carbonyl (C=O) groups excluding carboxylic acids is 16. The minimum Gasteiger partial charge on any atom is -0.508 e. The van der Waals surface area contributed by atoms with E-state index in [1.54, 1.807) is 91.9 Å². The van der Waals surface area contributed by atoms with Crippen molar-refractivity contribution < 1.29 is 115 Å². The molecule has 6 aromatic rings. The van der Waals surface area contributed by atoms with Crippen molar-refractivity contribution in [3.63, 3.8) is 0 Å². The third-order valence-corrected chi connectivity index (χ3v) is 24.0. The van der Waals surface area contributed by atoms with Crippen molar-refractivity contribution in [2.24, 2.45) is 23.1 Å². The first kappa shape index (κ1) is 102. The Balaban J connectivity index is 1.13. The Bertz CT molecular complexity index is 5200. The molecule has 132 heavy (non-hydrogen) atoms. The average Bonchev–Trinajstić information content (AvgIpc) is 1.38. The molecule has 16 amide bonds. The van der Waals surface area contributed by atoms with E-state index < -0.39 is 296 Å². The van der Waals surface area contributed by atoms with Crippen molar-refractivity contribution in [1.82, 2.24) is 77.3 Å². The zero-order valence-corrected chi connectivity index (χ0v) is 74.1. The van der Waals surface area contributed by atoms with Crippen molar-refractivity contribution in [3.05, 3.63) is 173 Å². The van der Waals surface area contributed by atoms with Crippen LogP contribution in [0.5, 0.6) is 5.75 Å². The molecular weight excluding hydrogens is 1750 g/mol. The van der Waals surface area contributed by atoms with Crippen LogP contribution in [0.3, 0.4) is 0 Å². The minimum absolute atomic E-state index is 0.153. The number of phenolic OH excluding ortho intramolecular Hbond substituents is 1. The Kier molecular flexibility index (Phi) is 36.6. The predicted molar refractivity (Wildman–Crippen MR) is 471 cm³/mol. The number of carboxylic acid groups (broad SMARTS) is 1. The van der Waals surface area contributed by atoms with Crippen LogP contribution in [0, 0.1) is 23.4 Å². The molecule has 3 fully saturated rings. The molecule has 43 heteroatoms. The number of phenols is 1. The molecule has 0 saturated carbocycles. The van der Waals surface area contributed by atoms with E-state index in [0.29, 0.717) is 57.9 Å². The molecule has 0 unspecified atom stereocenters. The molecule has 39 nitrogen and oxygen atoms in total. The Labute approximate surface area is 761 Å². The lowest BCUT2D eigenvalue weighted by molar-refractivity contribution is -0.152. The molecule has 9 rings (SSSR count). The number of primary amides is 2. The number of hydrogen-bond donors (Lipinski definition) is 17. The number of nitrogens with one attached hydrogen (secondary N) is 10. The monoisotopic (exact) mass is 1860 g/mol. The molecule has 3 aliphatic rings. The van der Waals surface area contributed by atoms with Gasteiger partial charge in [-0.05, 0) is 70.5 Å². The van der Waals surface area contributed by atoms with Gasteiger partial charge in [-0.25, -0.2) is 13.2 Å². The lowest BCUT2D eigenvalue weighted by atomic mass is 9.98. The Morgan fingerprint density at radius 2 is 1.02 bits per heavy atom. The minimum atomic E-state index is -2.08. The van der Waals surface area contributed by atoms with E-state index in [0.717, 1.165) is 38.6 Å². The van der Waals surface area contributed by atoms with E-state index in [1.165, 1.54) is 51.4 Å². The lowest BCUT2D eigenvalue weighted by Crippen LogP contribution is -2.62. The van der Waals surface area contributed by atoms with E-state index in [9.17, 15) is 63.2 Å². The summed E-state index contributed by atoms with van der Waals surface area (Å²) in [5, 5.41) is 66.3. The number of carboxylic acids is 1. The first-order valence-corrected chi connectivity index (χ1v) is 43.9. The highest BCUT2D eigenvalue weighted by molar-refractivity contribution is 8.00. The number of amides is 16. The fourth-order valence-corrected chi connectivity index (χ4v) is 16.7. The number of thioether (sulfide) groups is 1. The predicted octanol–water partition coefficient (Wildman–Crippen LogP) is -2.41. The number of aromatic nitrogens is 1. The van der Waals surface area contributed by atoms with Gasteiger partial charge in [0, 0.05) is 109 Å². The molecule has 5 aromatic carbocycles. The number of para-hydroxylation sites is 1. The number of rotatable bonds is 22. The number of aliphatic hydroxyl groups is 2. The summed E-state index contributed by atoms with van der Waals surface area (Å²) >= 11 is 0.604. The molecule has 0 aliphatic carbocycles. The van der Waals surface area contributed by atoms with E-state index in [4.69, 9.17) is 17.2 Å². The third-order valence-electron chi connectivity index (χ3n) is 23.0. The van der Waals surface area contributed by atoms with Gasteiger partial charge >= 0.3 is 5.97 Å². The number of aromatic amines is 1. The summed E-state index contributed by atoms with van der Waals surface area (Å²) in [6, 6.07) is 6.06. The van der Waals surface area contributed by atoms with E-state index >= 15 is 51.9 Å². The van der Waals surface area contributed by atoms with Crippen LogP contribution in [0.1, 0.15) is 93.5 Å². The smallest absolute Gasteiger partial charge is 0.305 e. The van der Waals surface area contributed by atoms with Crippen molar-refractivity contribution in [2.75, 3.05) is 58.8 Å². The van der Waals surface area contributed by atoms with Gasteiger partial charge in [-0.3, -0.25) is 81.5 Å². The molecule has 3 aliphatic heterocycles. The average molecular weight is 1860 g/mol. The third kappa shape index (κ3) is 27.5. The molecule has 0 radical (unpaired) electrons. The van der Waals surface area contributed by atoms with Crippen molar-refractivity contribution in [1.29, 1.82) is 0 Å². The zero-order valence-electron chi connectivity index (χ0n) is 73.3. The first-order valence-electron chi connectivity index (χ1n) is 42.7. The molecule has 1 aromatic heterocycles. The second-order valence-electron chi connectivity index (χ2n) is 33.1. The highest BCUT2D eigenvalue weighted by Crippen LogP contribution is 2.29. The van der Waals surface area contributed by atoms with Crippen molar-refractivity contribution in [2.45, 2.75) is 189 Å². The number of H-pyrrole nitrogens is 1. The van der Waals surface area contributed by atoms with E-state index in [2.05, 4.69) is 52.8 Å². The Hall–Kier alpha value is -13.6. The van der Waals surface area contributed by atoms with Crippen LogP contribution in [0.25, 0.3) is 10.9 Å². The van der Waals surface area contributed by atoms with Crippen LogP contribution < -0.4 is 65.1 Å².